The molecule has 0 radical (unpaired) electrons. The molecule has 0 atom stereocenters. The first-order chi connectivity index (χ1) is 10.1. The van der Waals surface area contributed by atoms with Gasteiger partial charge in [0, 0.05) is 10.5 Å². The molecule has 0 saturated heterocycles. The molecule has 0 aliphatic carbocycles. The highest BCUT2D eigenvalue weighted by molar-refractivity contribution is 7.98. The third-order valence-corrected chi connectivity index (χ3v) is 3.74. The maximum atomic E-state index is 12.0. The van der Waals surface area contributed by atoms with E-state index in [4.69, 9.17) is 22.2 Å². The number of benzene rings is 2. The SMILES string of the molecule is CSc1ccc(Cl)c(C(=O)O/N=C(\N)c2ccccc2)c1. The summed E-state index contributed by atoms with van der Waals surface area (Å²) in [7, 11) is 0. The molecule has 2 rings (SSSR count). The van der Waals surface area contributed by atoms with Crippen LogP contribution in [0.1, 0.15) is 15.9 Å². The van der Waals surface area contributed by atoms with Gasteiger partial charge in [-0.3, -0.25) is 0 Å². The van der Waals surface area contributed by atoms with Crippen molar-refractivity contribution >= 4 is 35.2 Å². The van der Waals surface area contributed by atoms with Crippen molar-refractivity contribution in [3.05, 3.63) is 64.7 Å². The van der Waals surface area contributed by atoms with Crippen LogP contribution in [-0.2, 0) is 4.84 Å². The van der Waals surface area contributed by atoms with Crippen LogP contribution in [-0.4, -0.2) is 18.1 Å². The summed E-state index contributed by atoms with van der Waals surface area (Å²) in [4.78, 5) is 17.8. The highest BCUT2D eigenvalue weighted by atomic mass is 35.5. The fourth-order valence-corrected chi connectivity index (χ4v) is 2.22. The Morgan fingerprint density at radius 1 is 1.24 bits per heavy atom. The van der Waals surface area contributed by atoms with E-state index in [-0.39, 0.29) is 11.4 Å². The van der Waals surface area contributed by atoms with Crippen LogP contribution in [0.25, 0.3) is 0 Å². The van der Waals surface area contributed by atoms with Crippen molar-refractivity contribution < 1.29 is 9.63 Å². The number of hydrogen-bond acceptors (Lipinski definition) is 4. The second-order valence-corrected chi connectivity index (χ2v) is 5.35. The number of nitrogens with two attached hydrogens (primary N) is 1. The van der Waals surface area contributed by atoms with Crippen LogP contribution in [0.4, 0.5) is 0 Å². The number of oxime groups is 1. The molecule has 6 heteroatoms. The van der Waals surface area contributed by atoms with Gasteiger partial charge in [-0.15, -0.1) is 11.8 Å². The van der Waals surface area contributed by atoms with Crippen LogP contribution in [0.5, 0.6) is 0 Å². The molecule has 21 heavy (non-hydrogen) atoms. The highest BCUT2D eigenvalue weighted by Gasteiger charge is 2.13. The van der Waals surface area contributed by atoms with Crippen LogP contribution in [0.3, 0.4) is 0 Å². The Balaban J connectivity index is 2.15. The van der Waals surface area contributed by atoms with Crippen molar-refractivity contribution in [2.75, 3.05) is 6.26 Å². The average Bonchev–Trinajstić information content (AvgIpc) is 2.53. The lowest BCUT2D eigenvalue weighted by atomic mass is 10.2. The number of amidine groups is 1. The van der Waals surface area contributed by atoms with Crippen molar-refractivity contribution in [3.63, 3.8) is 0 Å². The quantitative estimate of drug-likeness (QED) is 0.308. The summed E-state index contributed by atoms with van der Waals surface area (Å²) < 4.78 is 0. The fraction of sp³-hybridized carbons (Fsp3) is 0.0667. The minimum atomic E-state index is -0.644. The number of rotatable bonds is 4. The number of carbonyl (C=O) groups excluding carboxylic acids is 1. The van der Waals surface area contributed by atoms with Crippen LogP contribution < -0.4 is 5.73 Å². The van der Waals surface area contributed by atoms with Gasteiger partial charge < -0.3 is 10.6 Å². The third-order valence-electron chi connectivity index (χ3n) is 2.69. The Kier molecular flexibility index (Phi) is 5.25. The first-order valence-electron chi connectivity index (χ1n) is 6.05. The van der Waals surface area contributed by atoms with Gasteiger partial charge in [-0.1, -0.05) is 47.1 Å². The van der Waals surface area contributed by atoms with E-state index in [1.165, 1.54) is 11.8 Å². The largest absolute Gasteiger partial charge is 0.380 e. The lowest BCUT2D eigenvalue weighted by Gasteiger charge is -2.04. The number of carbonyl (C=O) groups is 1. The average molecular weight is 321 g/mol. The van der Waals surface area contributed by atoms with Gasteiger partial charge in [0.1, 0.15) is 0 Å². The lowest BCUT2D eigenvalue weighted by Crippen LogP contribution is -2.15. The highest BCUT2D eigenvalue weighted by Crippen LogP contribution is 2.23. The summed E-state index contributed by atoms with van der Waals surface area (Å²) in [5, 5.41) is 3.96. The maximum absolute atomic E-state index is 12.0. The van der Waals surface area contributed by atoms with E-state index in [1.54, 1.807) is 24.3 Å². The van der Waals surface area contributed by atoms with Gasteiger partial charge in [-0.05, 0) is 24.5 Å². The van der Waals surface area contributed by atoms with E-state index in [2.05, 4.69) is 5.16 Å². The molecule has 0 aliphatic rings. The smallest absolute Gasteiger partial charge is 0.367 e. The molecule has 0 aliphatic heterocycles. The predicted octanol–water partition coefficient (Wildman–Crippen LogP) is 3.54. The molecule has 0 bridgehead atoms. The molecule has 2 N–H and O–H groups in total. The van der Waals surface area contributed by atoms with Gasteiger partial charge in [-0.2, -0.15) is 0 Å². The molecule has 108 valence electrons. The molecule has 0 saturated carbocycles. The molecule has 0 spiro atoms. The molecule has 0 fully saturated rings. The third kappa shape index (κ3) is 4.00. The topological polar surface area (TPSA) is 64.7 Å². The van der Waals surface area contributed by atoms with Gasteiger partial charge in [-0.25, -0.2) is 4.79 Å². The van der Waals surface area contributed by atoms with Crippen molar-refractivity contribution in [2.24, 2.45) is 10.9 Å². The summed E-state index contributed by atoms with van der Waals surface area (Å²) in [5.74, 6) is -0.518. The normalized spacial score (nSPS) is 11.2. The molecule has 0 aromatic heterocycles. The van der Waals surface area contributed by atoms with Crippen LogP contribution >= 0.6 is 23.4 Å². The van der Waals surface area contributed by atoms with E-state index < -0.39 is 5.97 Å². The molecule has 2 aromatic rings. The first-order valence-corrected chi connectivity index (χ1v) is 7.66. The van der Waals surface area contributed by atoms with Crippen molar-refractivity contribution in [1.82, 2.24) is 0 Å². The van der Waals surface area contributed by atoms with Gasteiger partial charge in [0.05, 0.1) is 10.6 Å². The number of hydrogen-bond donors (Lipinski definition) is 1. The summed E-state index contributed by atoms with van der Waals surface area (Å²) in [6.07, 6.45) is 1.91. The van der Waals surface area contributed by atoms with Gasteiger partial charge in [0.15, 0.2) is 5.84 Å². The van der Waals surface area contributed by atoms with Crippen LogP contribution in [0.15, 0.2) is 58.6 Å². The predicted molar refractivity (Wildman–Crippen MR) is 85.8 cm³/mol. The molecule has 2 aromatic carbocycles. The van der Waals surface area contributed by atoms with Crippen molar-refractivity contribution in [1.29, 1.82) is 0 Å². The molecular formula is C15H13ClN2O2S. The van der Waals surface area contributed by atoms with Crippen LogP contribution in [0, 0.1) is 0 Å². The number of thioether (sulfide) groups is 1. The Bertz CT molecular complexity index is 675. The standard InChI is InChI=1S/C15H13ClN2O2S/c1-21-11-7-8-13(16)12(9-11)15(19)20-18-14(17)10-5-3-2-4-6-10/h2-9H,1H3,(H2,17,18). The summed E-state index contributed by atoms with van der Waals surface area (Å²) in [6, 6.07) is 14.2. The zero-order chi connectivity index (χ0) is 15.2. The van der Waals surface area contributed by atoms with Crippen molar-refractivity contribution in [2.45, 2.75) is 4.90 Å². The maximum Gasteiger partial charge on any atom is 0.367 e. The lowest BCUT2D eigenvalue weighted by molar-refractivity contribution is 0.0516. The summed E-state index contributed by atoms with van der Waals surface area (Å²) in [6.45, 7) is 0. The second kappa shape index (κ2) is 7.15. The zero-order valence-electron chi connectivity index (χ0n) is 11.2. The van der Waals surface area contributed by atoms with Gasteiger partial charge >= 0.3 is 5.97 Å². The second-order valence-electron chi connectivity index (χ2n) is 4.07. The van der Waals surface area contributed by atoms with E-state index in [9.17, 15) is 4.79 Å². The minimum absolute atomic E-state index is 0.126. The van der Waals surface area contributed by atoms with E-state index >= 15 is 0 Å². The molecule has 4 nitrogen and oxygen atoms in total. The molecule has 0 heterocycles. The Hall–Kier alpha value is -1.98. The first kappa shape index (κ1) is 15.4. The monoisotopic (exact) mass is 320 g/mol. The molecular weight excluding hydrogens is 308 g/mol. The van der Waals surface area contributed by atoms with E-state index in [0.717, 1.165) is 4.90 Å². The Morgan fingerprint density at radius 3 is 2.62 bits per heavy atom. The minimum Gasteiger partial charge on any atom is -0.380 e. The van der Waals surface area contributed by atoms with Gasteiger partial charge in [0.2, 0.25) is 0 Å². The molecule has 0 amide bonds. The summed E-state index contributed by atoms with van der Waals surface area (Å²) in [5.41, 5.74) is 6.68. The molecule has 0 unspecified atom stereocenters. The Labute approximate surface area is 131 Å². The number of halogens is 1. The summed E-state index contributed by atoms with van der Waals surface area (Å²) >= 11 is 7.49. The van der Waals surface area contributed by atoms with Crippen LogP contribution in [0.2, 0.25) is 5.02 Å². The fourth-order valence-electron chi connectivity index (χ4n) is 1.59. The van der Waals surface area contributed by atoms with E-state index in [0.29, 0.717) is 10.6 Å². The number of nitrogens with zero attached hydrogens (tertiary/aromatic N) is 1. The van der Waals surface area contributed by atoms with Gasteiger partial charge in [0.25, 0.3) is 0 Å². The Morgan fingerprint density at radius 2 is 1.95 bits per heavy atom. The zero-order valence-corrected chi connectivity index (χ0v) is 12.8. The van der Waals surface area contributed by atoms with Crippen molar-refractivity contribution in [3.8, 4) is 0 Å². The van der Waals surface area contributed by atoms with E-state index in [1.807, 2.05) is 30.5 Å².